The number of carbonyl (C=O) groups is 2. The molecule has 2 amide bonds. The second kappa shape index (κ2) is 3.80. The van der Waals surface area contributed by atoms with Crippen molar-refractivity contribution in [3.63, 3.8) is 0 Å². The van der Waals surface area contributed by atoms with Gasteiger partial charge in [0.05, 0.1) is 6.42 Å². The highest BCUT2D eigenvalue weighted by molar-refractivity contribution is 6.11. The van der Waals surface area contributed by atoms with Crippen molar-refractivity contribution in [3.8, 4) is 11.3 Å². The SMILES string of the molecule is CN1C(=O)Cc2onc(-c3ccccc3)c2C1=O. The number of carbonyl (C=O) groups excluding carboxylic acids is 2. The van der Waals surface area contributed by atoms with E-state index in [1.807, 2.05) is 30.3 Å². The molecule has 18 heavy (non-hydrogen) atoms. The Morgan fingerprint density at radius 1 is 1.22 bits per heavy atom. The molecule has 2 heterocycles. The van der Waals surface area contributed by atoms with Crippen LogP contribution in [0.25, 0.3) is 11.3 Å². The fraction of sp³-hybridized carbons (Fsp3) is 0.154. The minimum Gasteiger partial charge on any atom is -0.359 e. The third-order valence-electron chi connectivity index (χ3n) is 3.01. The third kappa shape index (κ3) is 1.44. The Morgan fingerprint density at radius 3 is 2.67 bits per heavy atom. The Balaban J connectivity index is 2.17. The van der Waals surface area contributed by atoms with Crippen LogP contribution in [0, 0.1) is 0 Å². The Kier molecular flexibility index (Phi) is 2.26. The standard InChI is InChI=1S/C13H10N2O3/c1-15-10(16)7-9-11(13(15)17)12(14-18-9)8-5-3-2-4-6-8/h2-6H,7H2,1H3. The van der Waals surface area contributed by atoms with Crippen molar-refractivity contribution in [1.29, 1.82) is 0 Å². The van der Waals surface area contributed by atoms with Crippen LogP contribution in [0.1, 0.15) is 16.1 Å². The van der Waals surface area contributed by atoms with Gasteiger partial charge in [-0.1, -0.05) is 35.5 Å². The molecular formula is C13H10N2O3. The first kappa shape index (κ1) is 10.7. The van der Waals surface area contributed by atoms with Gasteiger partial charge in [-0.3, -0.25) is 14.5 Å². The summed E-state index contributed by atoms with van der Waals surface area (Å²) in [6.45, 7) is 0. The van der Waals surface area contributed by atoms with Crippen LogP contribution in [-0.4, -0.2) is 28.9 Å². The molecule has 0 bridgehead atoms. The zero-order chi connectivity index (χ0) is 12.7. The van der Waals surface area contributed by atoms with Gasteiger partial charge in [-0.15, -0.1) is 0 Å². The first-order valence-electron chi connectivity index (χ1n) is 5.53. The molecule has 1 aromatic carbocycles. The molecule has 5 heteroatoms. The lowest BCUT2D eigenvalue weighted by molar-refractivity contribution is -0.127. The normalized spacial score (nSPS) is 14.8. The summed E-state index contributed by atoms with van der Waals surface area (Å²) in [6, 6.07) is 9.30. The quantitative estimate of drug-likeness (QED) is 0.711. The maximum Gasteiger partial charge on any atom is 0.266 e. The van der Waals surface area contributed by atoms with Crippen LogP contribution in [-0.2, 0) is 11.2 Å². The Morgan fingerprint density at radius 2 is 1.94 bits per heavy atom. The minimum atomic E-state index is -0.360. The van der Waals surface area contributed by atoms with Gasteiger partial charge >= 0.3 is 0 Å². The topological polar surface area (TPSA) is 63.4 Å². The number of rotatable bonds is 1. The summed E-state index contributed by atoms with van der Waals surface area (Å²) in [6.07, 6.45) is 0.0808. The van der Waals surface area contributed by atoms with Gasteiger partial charge in [0.2, 0.25) is 5.91 Å². The lowest BCUT2D eigenvalue weighted by Crippen LogP contribution is -2.38. The molecular weight excluding hydrogens is 232 g/mol. The van der Waals surface area contributed by atoms with Crippen LogP contribution in [0.5, 0.6) is 0 Å². The van der Waals surface area contributed by atoms with Crippen LogP contribution >= 0.6 is 0 Å². The summed E-state index contributed by atoms with van der Waals surface area (Å²) in [5, 5.41) is 3.91. The number of nitrogens with zero attached hydrogens (tertiary/aromatic N) is 2. The summed E-state index contributed by atoms with van der Waals surface area (Å²) in [5.41, 5.74) is 1.69. The number of likely N-dealkylation sites (N-methyl/N-ethyl adjacent to an activating group) is 1. The smallest absolute Gasteiger partial charge is 0.266 e. The van der Waals surface area contributed by atoms with Crippen LogP contribution < -0.4 is 0 Å². The molecule has 1 aliphatic rings. The van der Waals surface area contributed by atoms with Crippen molar-refractivity contribution < 1.29 is 14.1 Å². The molecule has 3 rings (SSSR count). The second-order valence-corrected chi connectivity index (χ2v) is 4.13. The Labute approximate surface area is 103 Å². The van der Waals surface area contributed by atoms with Gasteiger partial charge < -0.3 is 4.52 Å². The fourth-order valence-corrected chi connectivity index (χ4v) is 2.00. The lowest BCUT2D eigenvalue weighted by Gasteiger charge is -2.19. The van der Waals surface area contributed by atoms with Crippen molar-refractivity contribution in [2.24, 2.45) is 0 Å². The van der Waals surface area contributed by atoms with E-state index in [1.54, 1.807) is 0 Å². The van der Waals surface area contributed by atoms with Crippen LogP contribution in [0.3, 0.4) is 0 Å². The Bertz CT molecular complexity index is 631. The summed E-state index contributed by atoms with van der Waals surface area (Å²) >= 11 is 0. The van der Waals surface area contributed by atoms with Gasteiger partial charge in [0, 0.05) is 12.6 Å². The predicted octanol–water partition coefficient (Wildman–Crippen LogP) is 1.50. The number of amides is 2. The molecule has 5 nitrogen and oxygen atoms in total. The maximum atomic E-state index is 12.1. The highest BCUT2D eigenvalue weighted by Crippen LogP contribution is 2.29. The highest BCUT2D eigenvalue weighted by Gasteiger charge is 2.35. The number of aromatic nitrogens is 1. The largest absolute Gasteiger partial charge is 0.359 e. The van der Waals surface area contributed by atoms with E-state index >= 15 is 0 Å². The van der Waals surface area contributed by atoms with Gasteiger partial charge in [-0.05, 0) is 0 Å². The first-order valence-corrected chi connectivity index (χ1v) is 5.53. The summed E-state index contributed by atoms with van der Waals surface area (Å²) in [7, 11) is 1.47. The average molecular weight is 242 g/mol. The maximum absolute atomic E-state index is 12.1. The van der Waals surface area contributed by atoms with Crippen LogP contribution in [0.2, 0.25) is 0 Å². The van der Waals surface area contributed by atoms with Crippen LogP contribution in [0.4, 0.5) is 0 Å². The van der Waals surface area contributed by atoms with Crippen molar-refractivity contribution >= 4 is 11.8 Å². The molecule has 2 aromatic rings. The molecule has 0 saturated carbocycles. The van der Waals surface area contributed by atoms with E-state index in [2.05, 4.69) is 5.16 Å². The molecule has 0 N–H and O–H groups in total. The van der Waals surface area contributed by atoms with Gasteiger partial charge in [0.25, 0.3) is 5.91 Å². The van der Waals surface area contributed by atoms with Gasteiger partial charge in [-0.25, -0.2) is 0 Å². The number of benzene rings is 1. The van der Waals surface area contributed by atoms with E-state index in [4.69, 9.17) is 4.52 Å². The molecule has 1 aliphatic heterocycles. The minimum absolute atomic E-state index is 0.0808. The molecule has 0 spiro atoms. The summed E-state index contributed by atoms with van der Waals surface area (Å²) in [4.78, 5) is 24.7. The van der Waals surface area contributed by atoms with E-state index < -0.39 is 0 Å². The van der Waals surface area contributed by atoms with E-state index in [1.165, 1.54) is 7.05 Å². The first-order chi connectivity index (χ1) is 8.68. The lowest BCUT2D eigenvalue weighted by atomic mass is 10.0. The zero-order valence-corrected chi connectivity index (χ0v) is 9.71. The number of imide groups is 1. The van der Waals surface area contributed by atoms with Crippen molar-refractivity contribution in [1.82, 2.24) is 10.1 Å². The van der Waals surface area contributed by atoms with Crippen molar-refractivity contribution in [2.75, 3.05) is 7.05 Å². The molecule has 90 valence electrons. The van der Waals surface area contributed by atoms with E-state index in [0.717, 1.165) is 10.5 Å². The third-order valence-corrected chi connectivity index (χ3v) is 3.01. The molecule has 0 unspecified atom stereocenters. The molecule has 0 aliphatic carbocycles. The molecule has 0 radical (unpaired) electrons. The van der Waals surface area contributed by atoms with E-state index in [0.29, 0.717) is 17.0 Å². The summed E-state index contributed by atoms with van der Waals surface area (Å²) in [5.74, 6) is -0.286. The predicted molar refractivity (Wildman–Crippen MR) is 62.7 cm³/mol. The van der Waals surface area contributed by atoms with Gasteiger partial charge in [0.15, 0.2) is 5.76 Å². The zero-order valence-electron chi connectivity index (χ0n) is 9.71. The fourth-order valence-electron chi connectivity index (χ4n) is 2.00. The number of hydrogen-bond acceptors (Lipinski definition) is 4. The molecule has 0 fully saturated rings. The second-order valence-electron chi connectivity index (χ2n) is 4.13. The van der Waals surface area contributed by atoms with E-state index in [9.17, 15) is 9.59 Å². The van der Waals surface area contributed by atoms with Crippen molar-refractivity contribution in [3.05, 3.63) is 41.7 Å². The summed E-state index contributed by atoms with van der Waals surface area (Å²) < 4.78 is 5.11. The molecule has 1 aromatic heterocycles. The average Bonchev–Trinajstić information content (AvgIpc) is 2.81. The number of fused-ring (bicyclic) bond motifs is 1. The highest BCUT2D eigenvalue weighted by atomic mass is 16.5. The van der Waals surface area contributed by atoms with Gasteiger partial charge in [0.1, 0.15) is 11.3 Å². The van der Waals surface area contributed by atoms with E-state index in [-0.39, 0.29) is 18.2 Å². The van der Waals surface area contributed by atoms with Crippen LogP contribution in [0.15, 0.2) is 34.9 Å². The Hall–Kier alpha value is -2.43. The monoisotopic (exact) mass is 242 g/mol. The number of hydrogen-bond donors (Lipinski definition) is 0. The van der Waals surface area contributed by atoms with Gasteiger partial charge in [-0.2, -0.15) is 0 Å². The van der Waals surface area contributed by atoms with Crippen molar-refractivity contribution in [2.45, 2.75) is 6.42 Å². The molecule has 0 atom stereocenters. The molecule has 0 saturated heterocycles.